The molecule has 0 radical (unpaired) electrons. The molecule has 2 nitrogen and oxygen atoms in total. The Morgan fingerprint density at radius 1 is 0.947 bits per heavy atom. The van der Waals surface area contributed by atoms with Crippen LogP contribution in [0.3, 0.4) is 0 Å². The second-order valence-corrected chi connectivity index (χ2v) is 6.61. The van der Waals surface area contributed by atoms with Crippen molar-refractivity contribution in [2.45, 2.75) is 68.7 Å². The van der Waals surface area contributed by atoms with Crippen molar-refractivity contribution < 1.29 is 17.9 Å². The maximum atomic E-state index is 13.0. The van der Waals surface area contributed by atoms with Crippen LogP contribution in [-0.2, 0) is 4.74 Å². The van der Waals surface area contributed by atoms with Gasteiger partial charge in [-0.1, -0.05) is 12.8 Å². The van der Waals surface area contributed by atoms with Gasteiger partial charge in [0.15, 0.2) is 0 Å². The summed E-state index contributed by atoms with van der Waals surface area (Å²) in [6.07, 6.45) is 2.01. The molecule has 3 aliphatic rings. The lowest BCUT2D eigenvalue weighted by atomic mass is 9.76. The van der Waals surface area contributed by atoms with E-state index in [1.54, 1.807) is 0 Å². The first kappa shape index (κ1) is 13.7. The summed E-state index contributed by atoms with van der Waals surface area (Å²) >= 11 is 0. The smallest absolute Gasteiger partial charge is 0.366 e. The fourth-order valence-corrected chi connectivity index (χ4v) is 4.20. The molecule has 1 heterocycles. The van der Waals surface area contributed by atoms with Gasteiger partial charge in [-0.3, -0.25) is 0 Å². The van der Waals surface area contributed by atoms with E-state index in [0.29, 0.717) is 13.0 Å². The van der Waals surface area contributed by atoms with Gasteiger partial charge in [-0.25, -0.2) is 0 Å². The summed E-state index contributed by atoms with van der Waals surface area (Å²) in [5.41, 5.74) is -0.743. The van der Waals surface area contributed by atoms with Crippen LogP contribution in [0.2, 0.25) is 0 Å². The first-order chi connectivity index (χ1) is 8.93. The zero-order valence-corrected chi connectivity index (χ0v) is 11.2. The van der Waals surface area contributed by atoms with Gasteiger partial charge in [-0.2, -0.15) is 13.2 Å². The van der Waals surface area contributed by atoms with Crippen LogP contribution in [0.5, 0.6) is 0 Å². The van der Waals surface area contributed by atoms with Crippen LogP contribution in [0.1, 0.15) is 51.4 Å². The highest BCUT2D eigenvalue weighted by Crippen LogP contribution is 2.48. The first-order valence-electron chi connectivity index (χ1n) is 7.41. The second-order valence-electron chi connectivity index (χ2n) is 6.61. The van der Waals surface area contributed by atoms with E-state index < -0.39 is 17.7 Å². The molecule has 0 amide bonds. The molecule has 1 aliphatic heterocycles. The highest BCUT2D eigenvalue weighted by atomic mass is 19.4. The average molecular weight is 277 g/mol. The Kier molecular flexibility index (Phi) is 3.33. The normalized spacial score (nSPS) is 39.0. The Morgan fingerprint density at radius 2 is 1.58 bits per heavy atom. The summed E-state index contributed by atoms with van der Waals surface area (Å²) in [5, 5.41) is 3.36. The fraction of sp³-hybridized carbons (Fsp3) is 1.00. The van der Waals surface area contributed by atoms with Gasteiger partial charge in [0.1, 0.15) is 0 Å². The van der Waals surface area contributed by atoms with E-state index in [9.17, 15) is 13.2 Å². The van der Waals surface area contributed by atoms with Crippen molar-refractivity contribution in [3.05, 3.63) is 0 Å². The van der Waals surface area contributed by atoms with Crippen molar-refractivity contribution in [3.8, 4) is 0 Å². The highest BCUT2D eigenvalue weighted by molar-refractivity contribution is 5.01. The summed E-state index contributed by atoms with van der Waals surface area (Å²) in [4.78, 5) is 0. The van der Waals surface area contributed by atoms with Gasteiger partial charge in [0, 0.05) is 13.1 Å². The van der Waals surface area contributed by atoms with Crippen molar-refractivity contribution in [2.75, 3.05) is 13.1 Å². The molecular formula is C14H22F3NO. The Balaban J connectivity index is 1.75. The maximum Gasteiger partial charge on any atom is 0.391 e. The standard InChI is InChI=1S/C14H22F3NO/c15-14(16,17)11-4-3-7-13(8-11)10-18-9-12(19-13)5-1-2-6-12/h11,18H,1-10H2. The molecular weight excluding hydrogens is 255 g/mol. The number of hydrogen-bond donors (Lipinski definition) is 1. The predicted molar refractivity (Wildman–Crippen MR) is 65.9 cm³/mol. The zero-order valence-electron chi connectivity index (χ0n) is 11.2. The Labute approximate surface area is 112 Å². The third-order valence-electron chi connectivity index (χ3n) is 5.11. The molecule has 2 unspecified atom stereocenters. The van der Waals surface area contributed by atoms with Gasteiger partial charge in [-0.15, -0.1) is 0 Å². The lowest BCUT2D eigenvalue weighted by Crippen LogP contribution is -2.61. The van der Waals surface area contributed by atoms with E-state index in [0.717, 1.165) is 38.6 Å². The molecule has 2 aliphatic carbocycles. The summed E-state index contributed by atoms with van der Waals surface area (Å²) in [7, 11) is 0. The molecule has 1 N–H and O–H groups in total. The average Bonchev–Trinajstić information content (AvgIpc) is 2.76. The maximum absolute atomic E-state index is 13.0. The van der Waals surface area contributed by atoms with Crippen LogP contribution in [0.25, 0.3) is 0 Å². The number of rotatable bonds is 0. The summed E-state index contributed by atoms with van der Waals surface area (Å²) in [6.45, 7) is 1.40. The molecule has 3 fully saturated rings. The zero-order chi connectivity index (χ0) is 13.6. The number of ether oxygens (including phenoxy) is 1. The third kappa shape index (κ3) is 2.64. The second kappa shape index (κ2) is 4.62. The van der Waals surface area contributed by atoms with Gasteiger partial charge in [0.25, 0.3) is 0 Å². The minimum Gasteiger partial charge on any atom is -0.366 e. The van der Waals surface area contributed by atoms with E-state index in [1.807, 2.05) is 0 Å². The lowest BCUT2D eigenvalue weighted by Gasteiger charge is -2.51. The largest absolute Gasteiger partial charge is 0.391 e. The summed E-state index contributed by atoms with van der Waals surface area (Å²) in [5.74, 6) is -1.18. The predicted octanol–water partition coefficient (Wildman–Crippen LogP) is 3.41. The molecule has 3 rings (SSSR count). The number of alkyl halides is 3. The van der Waals surface area contributed by atoms with Crippen LogP contribution < -0.4 is 5.32 Å². The number of morpholine rings is 1. The van der Waals surface area contributed by atoms with Crippen LogP contribution in [0, 0.1) is 5.92 Å². The van der Waals surface area contributed by atoms with Crippen LogP contribution in [0.4, 0.5) is 13.2 Å². The quantitative estimate of drug-likeness (QED) is 0.732. The summed E-state index contributed by atoms with van der Waals surface area (Å²) < 4.78 is 45.2. The molecule has 0 aromatic heterocycles. The lowest BCUT2D eigenvalue weighted by molar-refractivity contribution is -0.237. The molecule has 0 bridgehead atoms. The minimum absolute atomic E-state index is 0.144. The van der Waals surface area contributed by atoms with Crippen LogP contribution >= 0.6 is 0 Å². The number of halogens is 3. The van der Waals surface area contributed by atoms with Crippen molar-refractivity contribution in [1.82, 2.24) is 5.32 Å². The molecule has 2 atom stereocenters. The van der Waals surface area contributed by atoms with Gasteiger partial charge < -0.3 is 10.1 Å². The van der Waals surface area contributed by atoms with E-state index >= 15 is 0 Å². The molecule has 0 aromatic carbocycles. The van der Waals surface area contributed by atoms with Crippen molar-refractivity contribution in [1.29, 1.82) is 0 Å². The Bertz CT molecular complexity index is 334. The Hall–Kier alpha value is -0.290. The number of hydrogen-bond acceptors (Lipinski definition) is 2. The van der Waals surface area contributed by atoms with Crippen molar-refractivity contribution >= 4 is 0 Å². The monoisotopic (exact) mass is 277 g/mol. The molecule has 19 heavy (non-hydrogen) atoms. The van der Waals surface area contributed by atoms with E-state index in [-0.39, 0.29) is 18.4 Å². The molecule has 5 heteroatoms. The van der Waals surface area contributed by atoms with Gasteiger partial charge in [-0.05, 0) is 38.5 Å². The molecule has 2 saturated carbocycles. The van der Waals surface area contributed by atoms with Crippen LogP contribution in [0.15, 0.2) is 0 Å². The summed E-state index contributed by atoms with van der Waals surface area (Å²) in [6, 6.07) is 0. The SMILES string of the molecule is FC(F)(F)C1CCCC2(CNCC3(CCCC3)O2)C1. The topological polar surface area (TPSA) is 21.3 Å². The molecule has 0 aromatic rings. The third-order valence-corrected chi connectivity index (χ3v) is 5.11. The van der Waals surface area contributed by atoms with E-state index in [2.05, 4.69) is 5.32 Å². The van der Waals surface area contributed by atoms with Crippen molar-refractivity contribution in [3.63, 3.8) is 0 Å². The molecule has 2 spiro atoms. The Morgan fingerprint density at radius 3 is 2.26 bits per heavy atom. The van der Waals surface area contributed by atoms with Gasteiger partial charge in [0.05, 0.1) is 17.1 Å². The van der Waals surface area contributed by atoms with Crippen LogP contribution in [-0.4, -0.2) is 30.5 Å². The minimum atomic E-state index is -4.07. The van der Waals surface area contributed by atoms with Crippen molar-refractivity contribution in [2.24, 2.45) is 5.92 Å². The molecule has 110 valence electrons. The molecule has 1 saturated heterocycles. The van der Waals surface area contributed by atoms with Gasteiger partial charge in [0.2, 0.25) is 0 Å². The van der Waals surface area contributed by atoms with Gasteiger partial charge >= 0.3 is 6.18 Å². The highest BCUT2D eigenvalue weighted by Gasteiger charge is 2.53. The van der Waals surface area contributed by atoms with E-state index in [1.165, 1.54) is 0 Å². The fourth-order valence-electron chi connectivity index (χ4n) is 4.20. The number of nitrogens with one attached hydrogen (secondary N) is 1. The van der Waals surface area contributed by atoms with E-state index in [4.69, 9.17) is 4.74 Å². The first-order valence-corrected chi connectivity index (χ1v) is 7.41.